The van der Waals surface area contributed by atoms with Crippen molar-refractivity contribution in [2.24, 2.45) is 0 Å². The molecule has 358 valence electrons. The first-order chi connectivity index (χ1) is 38.2. The molecule has 4 nitrogen and oxygen atoms in total. The first-order valence-electron chi connectivity index (χ1n) is 26.7. The molecule has 2 aliphatic rings. The molecule has 0 atom stereocenters. The van der Waals surface area contributed by atoms with E-state index in [0.29, 0.717) is 0 Å². The van der Waals surface area contributed by atoms with Crippen molar-refractivity contribution in [3.8, 4) is 39.3 Å². The zero-order valence-electron chi connectivity index (χ0n) is 41.8. The molecule has 12 aromatic carbocycles. The number of para-hydroxylation sites is 5. The number of anilines is 3. The topological polar surface area (TPSA) is 18.0 Å². The van der Waals surface area contributed by atoms with Gasteiger partial charge in [0.1, 0.15) is 0 Å². The highest BCUT2D eigenvalue weighted by Crippen LogP contribution is 2.65. The number of nitrogens with zero attached hydrogens (tertiary/aromatic N) is 4. The summed E-state index contributed by atoms with van der Waals surface area (Å²) in [5.74, 6) is 0. The van der Waals surface area contributed by atoms with Crippen LogP contribution in [0.15, 0.2) is 279 Å². The number of aromatic nitrogens is 3. The van der Waals surface area contributed by atoms with Gasteiger partial charge in [0.05, 0.1) is 44.2 Å². The second-order valence-corrected chi connectivity index (χ2v) is 20.8. The third kappa shape index (κ3) is 5.71. The van der Waals surface area contributed by atoms with E-state index in [4.69, 9.17) is 0 Å². The second kappa shape index (κ2) is 15.9. The Labute approximate surface area is 444 Å². The Morgan fingerprint density at radius 2 is 0.610 bits per heavy atom. The standard InChI is InChI=1S/C73H46N4/c1-3-20-47(21-4-1)75-65-34-16-10-27-55(65)58-41-38-49(44-69(58)75)74(68-37-19-30-61-54-26-9-15-33-64(54)73(72(61)68)62-31-13-7-24-52(62)53-25-8-14-32-63(53)73)50-39-42-60-57-29-12-18-36-67(57)77(71(60)45-50)51-40-43-59-56-28-11-17-35-66(56)76(70(59)46-51)48-22-5-2-6-23-48/h1-46H. The van der Waals surface area contributed by atoms with Gasteiger partial charge in [-0.25, -0.2) is 0 Å². The zero-order chi connectivity index (χ0) is 50.3. The smallest absolute Gasteiger partial charge is 0.0746 e. The minimum Gasteiger partial charge on any atom is -0.310 e. The van der Waals surface area contributed by atoms with Crippen LogP contribution in [0.25, 0.3) is 105 Å². The van der Waals surface area contributed by atoms with E-state index in [0.717, 1.165) is 50.7 Å². The van der Waals surface area contributed by atoms with Crippen LogP contribution in [0.3, 0.4) is 0 Å². The van der Waals surface area contributed by atoms with Crippen molar-refractivity contribution < 1.29 is 0 Å². The van der Waals surface area contributed by atoms with Crippen LogP contribution >= 0.6 is 0 Å². The number of benzene rings is 12. The molecule has 0 bridgehead atoms. The second-order valence-electron chi connectivity index (χ2n) is 20.8. The van der Waals surface area contributed by atoms with Gasteiger partial charge in [-0.3, -0.25) is 0 Å². The van der Waals surface area contributed by atoms with Crippen molar-refractivity contribution in [1.29, 1.82) is 0 Å². The van der Waals surface area contributed by atoms with E-state index >= 15 is 0 Å². The number of hydrogen-bond acceptors (Lipinski definition) is 1. The first kappa shape index (κ1) is 42.2. The molecule has 4 heteroatoms. The van der Waals surface area contributed by atoms with Crippen LogP contribution in [0.5, 0.6) is 0 Å². The maximum absolute atomic E-state index is 2.57. The quantitative estimate of drug-likeness (QED) is 0.162. The summed E-state index contributed by atoms with van der Waals surface area (Å²) in [4.78, 5) is 2.57. The summed E-state index contributed by atoms with van der Waals surface area (Å²) in [6.07, 6.45) is 0. The minimum atomic E-state index is -0.581. The Morgan fingerprint density at radius 3 is 1.10 bits per heavy atom. The third-order valence-electron chi connectivity index (χ3n) is 17.0. The Morgan fingerprint density at radius 1 is 0.247 bits per heavy atom. The monoisotopic (exact) mass is 978 g/mol. The average Bonchev–Trinajstić information content (AvgIpc) is 4.42. The molecule has 0 aliphatic heterocycles. The number of rotatable bonds is 6. The molecule has 2 aliphatic carbocycles. The summed E-state index contributed by atoms with van der Waals surface area (Å²) in [6, 6.07) is 104. The highest BCUT2D eigenvalue weighted by atomic mass is 15.2. The highest BCUT2D eigenvalue weighted by molar-refractivity contribution is 6.14. The molecule has 0 saturated heterocycles. The fourth-order valence-electron chi connectivity index (χ4n) is 14.0. The van der Waals surface area contributed by atoms with E-state index in [9.17, 15) is 0 Å². The Hall–Kier alpha value is -10.2. The summed E-state index contributed by atoms with van der Waals surface area (Å²) in [5, 5.41) is 7.33. The van der Waals surface area contributed by atoms with E-state index in [1.165, 1.54) is 93.4 Å². The van der Waals surface area contributed by atoms with E-state index in [-0.39, 0.29) is 0 Å². The summed E-state index contributed by atoms with van der Waals surface area (Å²) >= 11 is 0. The Kier molecular flexibility index (Phi) is 8.73. The number of hydrogen-bond donors (Lipinski definition) is 0. The van der Waals surface area contributed by atoms with Gasteiger partial charge in [0.15, 0.2) is 0 Å². The van der Waals surface area contributed by atoms with Gasteiger partial charge in [-0.1, -0.05) is 194 Å². The molecule has 0 saturated carbocycles. The summed E-state index contributed by atoms with van der Waals surface area (Å²) < 4.78 is 7.35. The molecule has 1 spiro atoms. The predicted molar refractivity (Wildman–Crippen MR) is 320 cm³/mol. The van der Waals surface area contributed by atoms with Gasteiger partial charge in [0.25, 0.3) is 0 Å². The molecule has 0 amide bonds. The summed E-state index contributed by atoms with van der Waals surface area (Å²) in [7, 11) is 0. The molecule has 77 heavy (non-hydrogen) atoms. The van der Waals surface area contributed by atoms with Crippen molar-refractivity contribution in [1.82, 2.24) is 13.7 Å². The maximum atomic E-state index is 2.57. The van der Waals surface area contributed by atoms with Gasteiger partial charge in [-0.15, -0.1) is 0 Å². The van der Waals surface area contributed by atoms with E-state index in [1.54, 1.807) is 0 Å². The summed E-state index contributed by atoms with van der Waals surface area (Å²) in [5.41, 5.74) is 23.4. The van der Waals surface area contributed by atoms with Gasteiger partial charge in [-0.2, -0.15) is 0 Å². The number of fused-ring (bicyclic) bond motifs is 19. The maximum Gasteiger partial charge on any atom is 0.0746 e. The van der Waals surface area contributed by atoms with Crippen molar-refractivity contribution in [3.63, 3.8) is 0 Å². The largest absolute Gasteiger partial charge is 0.310 e. The lowest BCUT2D eigenvalue weighted by Gasteiger charge is -2.36. The van der Waals surface area contributed by atoms with Gasteiger partial charge in [-0.05, 0) is 124 Å². The van der Waals surface area contributed by atoms with Crippen LogP contribution in [0.2, 0.25) is 0 Å². The van der Waals surface area contributed by atoms with E-state index < -0.39 is 5.41 Å². The molecular formula is C73H46N4. The van der Waals surface area contributed by atoms with Crippen molar-refractivity contribution in [3.05, 3.63) is 301 Å². The fraction of sp³-hybridized carbons (Fsp3) is 0.0137. The van der Waals surface area contributed by atoms with Gasteiger partial charge >= 0.3 is 0 Å². The molecule has 17 rings (SSSR count). The van der Waals surface area contributed by atoms with Gasteiger partial charge in [0, 0.05) is 66.3 Å². The molecule has 0 N–H and O–H groups in total. The molecule has 3 heterocycles. The first-order valence-corrected chi connectivity index (χ1v) is 26.7. The molecule has 3 aromatic heterocycles. The van der Waals surface area contributed by atoms with E-state index in [2.05, 4.69) is 298 Å². The zero-order valence-corrected chi connectivity index (χ0v) is 41.8. The van der Waals surface area contributed by atoms with Crippen LogP contribution in [-0.4, -0.2) is 13.7 Å². The Balaban J connectivity index is 0.977. The van der Waals surface area contributed by atoms with Crippen LogP contribution < -0.4 is 4.90 Å². The molecule has 0 radical (unpaired) electrons. The van der Waals surface area contributed by atoms with Gasteiger partial charge < -0.3 is 18.6 Å². The highest BCUT2D eigenvalue weighted by Gasteiger charge is 2.53. The lowest BCUT2D eigenvalue weighted by molar-refractivity contribution is 0.793. The van der Waals surface area contributed by atoms with Crippen molar-refractivity contribution in [2.45, 2.75) is 5.41 Å². The van der Waals surface area contributed by atoms with Gasteiger partial charge in [0.2, 0.25) is 0 Å². The van der Waals surface area contributed by atoms with Crippen LogP contribution in [0, 0.1) is 0 Å². The molecular weight excluding hydrogens is 933 g/mol. The van der Waals surface area contributed by atoms with Crippen molar-refractivity contribution >= 4 is 82.5 Å². The SMILES string of the molecule is c1ccc(-n2c3ccccc3c3ccc(N(c4ccc5c6ccccc6n(-c6ccc7c8ccccc8n(-c8ccccc8)c7c6)c5c4)c4cccc5c4C4(c6ccccc6-c6ccccc64)c4ccccc4-5)cc32)cc1. The fourth-order valence-corrected chi connectivity index (χ4v) is 14.0. The van der Waals surface area contributed by atoms with Crippen LogP contribution in [0.4, 0.5) is 17.1 Å². The lowest BCUT2D eigenvalue weighted by atomic mass is 9.70. The molecule has 15 aromatic rings. The van der Waals surface area contributed by atoms with Crippen LogP contribution in [-0.2, 0) is 5.41 Å². The predicted octanol–water partition coefficient (Wildman–Crippen LogP) is 18.8. The summed E-state index contributed by atoms with van der Waals surface area (Å²) in [6.45, 7) is 0. The third-order valence-corrected chi connectivity index (χ3v) is 17.0. The minimum absolute atomic E-state index is 0.581. The molecule has 0 fully saturated rings. The van der Waals surface area contributed by atoms with Crippen molar-refractivity contribution in [2.75, 3.05) is 4.90 Å². The van der Waals surface area contributed by atoms with Crippen LogP contribution in [0.1, 0.15) is 22.3 Å². The average molecular weight is 979 g/mol. The normalized spacial score (nSPS) is 13.0. The molecule has 0 unspecified atom stereocenters. The lowest BCUT2D eigenvalue weighted by Crippen LogP contribution is -2.28. The van der Waals surface area contributed by atoms with E-state index in [1.807, 2.05) is 0 Å². The Bertz CT molecular complexity index is 4870.